The van der Waals surface area contributed by atoms with E-state index in [0.29, 0.717) is 22.4 Å². The molecule has 0 atom stereocenters. The highest BCUT2D eigenvalue weighted by Crippen LogP contribution is 2.36. The standard InChI is InChI=1S/C20H22Br2N4O3.C2HF3O2/c21-15-12-16(29-17(15)22)18(27)23-8-11-25-9-6-20(7-10-25)19(28)24-13-26(20)14-4-2-1-3-5-14;3-2(4,5)1(6)7/h1-5,12H,6-11,13H2,(H,23,27)(H,24,28);(H,6,7). The van der Waals surface area contributed by atoms with Gasteiger partial charge in [0.05, 0.1) is 11.1 Å². The van der Waals surface area contributed by atoms with Crippen molar-refractivity contribution >= 4 is 55.3 Å². The van der Waals surface area contributed by atoms with Crippen LogP contribution in [0.2, 0.25) is 0 Å². The van der Waals surface area contributed by atoms with E-state index in [9.17, 15) is 22.8 Å². The van der Waals surface area contributed by atoms with Crippen LogP contribution in [-0.4, -0.2) is 72.4 Å². The Hall–Kier alpha value is -2.58. The summed E-state index contributed by atoms with van der Waals surface area (Å²) in [5.41, 5.74) is 0.593. The summed E-state index contributed by atoms with van der Waals surface area (Å²) >= 11 is 6.54. The van der Waals surface area contributed by atoms with E-state index in [1.807, 2.05) is 18.2 Å². The summed E-state index contributed by atoms with van der Waals surface area (Å²) in [6.45, 7) is 3.43. The van der Waals surface area contributed by atoms with Crippen molar-refractivity contribution in [2.45, 2.75) is 24.6 Å². The molecule has 2 saturated heterocycles. The van der Waals surface area contributed by atoms with Crippen molar-refractivity contribution in [2.24, 2.45) is 0 Å². The number of carbonyl (C=O) groups is 3. The van der Waals surface area contributed by atoms with E-state index in [1.165, 1.54) is 0 Å². The normalized spacial score (nSPS) is 17.4. The number of nitrogens with one attached hydrogen (secondary N) is 2. The van der Waals surface area contributed by atoms with Crippen LogP contribution in [0.15, 0.2) is 50.0 Å². The predicted molar refractivity (Wildman–Crippen MR) is 130 cm³/mol. The lowest BCUT2D eigenvalue weighted by Gasteiger charge is -2.43. The number of halogens is 5. The van der Waals surface area contributed by atoms with Gasteiger partial charge in [0, 0.05) is 37.9 Å². The van der Waals surface area contributed by atoms with Gasteiger partial charge >= 0.3 is 12.1 Å². The molecule has 4 rings (SSSR count). The van der Waals surface area contributed by atoms with Crippen LogP contribution in [-0.2, 0) is 9.59 Å². The molecule has 196 valence electrons. The average molecular weight is 640 g/mol. The van der Waals surface area contributed by atoms with Crippen molar-refractivity contribution in [3.05, 3.63) is 51.3 Å². The average Bonchev–Trinajstić information content (AvgIpc) is 3.34. The van der Waals surface area contributed by atoms with Crippen LogP contribution < -0.4 is 15.5 Å². The van der Waals surface area contributed by atoms with Crippen molar-refractivity contribution < 1.29 is 37.1 Å². The summed E-state index contributed by atoms with van der Waals surface area (Å²) in [7, 11) is 0. The Morgan fingerprint density at radius 3 is 2.31 bits per heavy atom. The highest BCUT2D eigenvalue weighted by Gasteiger charge is 2.50. The molecular formula is C22H23Br2F3N4O5. The van der Waals surface area contributed by atoms with Crippen LogP contribution in [0.25, 0.3) is 0 Å². The van der Waals surface area contributed by atoms with Crippen molar-refractivity contribution in [3.63, 3.8) is 0 Å². The summed E-state index contributed by atoms with van der Waals surface area (Å²) in [6, 6.07) is 11.7. The minimum Gasteiger partial charge on any atom is -0.475 e. The molecule has 3 heterocycles. The molecule has 1 spiro atoms. The van der Waals surface area contributed by atoms with Gasteiger partial charge in [-0.3, -0.25) is 9.59 Å². The molecule has 1 aromatic heterocycles. The van der Waals surface area contributed by atoms with E-state index in [4.69, 9.17) is 14.3 Å². The number of hydrogen-bond acceptors (Lipinski definition) is 6. The second kappa shape index (κ2) is 11.6. The number of carboxylic acid groups (broad SMARTS) is 1. The molecular weight excluding hydrogens is 617 g/mol. The highest BCUT2D eigenvalue weighted by atomic mass is 79.9. The second-order valence-corrected chi connectivity index (χ2v) is 9.67. The molecule has 0 saturated carbocycles. The van der Waals surface area contributed by atoms with Crippen molar-refractivity contribution in [1.29, 1.82) is 0 Å². The zero-order valence-electron chi connectivity index (χ0n) is 18.8. The van der Waals surface area contributed by atoms with Gasteiger partial charge < -0.3 is 30.0 Å². The van der Waals surface area contributed by atoms with Crippen LogP contribution in [0, 0.1) is 0 Å². The number of hydrogen-bond donors (Lipinski definition) is 3. The smallest absolute Gasteiger partial charge is 0.475 e. The van der Waals surface area contributed by atoms with E-state index in [0.717, 1.165) is 38.2 Å². The molecule has 36 heavy (non-hydrogen) atoms. The Kier molecular flexibility index (Phi) is 9.06. The van der Waals surface area contributed by atoms with Gasteiger partial charge in [0.1, 0.15) is 5.54 Å². The SMILES string of the molecule is O=C(NCCN1CCC2(CC1)C(=O)NCN2c1ccccc1)c1cc(Br)c(Br)o1.O=C(O)C(F)(F)F. The number of benzene rings is 1. The molecule has 0 bridgehead atoms. The molecule has 0 aliphatic carbocycles. The molecule has 14 heteroatoms. The number of carboxylic acids is 1. The third-order valence-corrected chi connectivity index (χ3v) is 7.62. The lowest BCUT2D eigenvalue weighted by molar-refractivity contribution is -0.192. The maximum absolute atomic E-state index is 12.7. The number of carbonyl (C=O) groups excluding carboxylic acids is 2. The third-order valence-electron chi connectivity index (χ3n) is 5.91. The van der Waals surface area contributed by atoms with Crippen molar-refractivity contribution in [1.82, 2.24) is 15.5 Å². The number of nitrogens with zero attached hydrogens (tertiary/aromatic N) is 2. The van der Waals surface area contributed by atoms with E-state index in [1.54, 1.807) is 6.07 Å². The fourth-order valence-electron chi connectivity index (χ4n) is 4.05. The van der Waals surface area contributed by atoms with Gasteiger partial charge in [-0.2, -0.15) is 13.2 Å². The topological polar surface area (TPSA) is 115 Å². The number of alkyl halides is 3. The molecule has 2 aliphatic rings. The lowest BCUT2D eigenvalue weighted by Crippen LogP contribution is -2.57. The molecule has 2 aliphatic heterocycles. The summed E-state index contributed by atoms with van der Waals surface area (Å²) in [6.07, 6.45) is -3.56. The van der Waals surface area contributed by atoms with E-state index in [2.05, 4.69) is 64.4 Å². The van der Waals surface area contributed by atoms with Crippen LogP contribution in [0.3, 0.4) is 0 Å². The largest absolute Gasteiger partial charge is 0.490 e. The van der Waals surface area contributed by atoms with Gasteiger partial charge in [0.15, 0.2) is 10.4 Å². The first kappa shape index (κ1) is 28.0. The number of para-hydroxylation sites is 1. The first-order valence-corrected chi connectivity index (χ1v) is 12.4. The Bertz CT molecular complexity index is 1070. The molecule has 1 aromatic carbocycles. The molecule has 9 nitrogen and oxygen atoms in total. The Morgan fingerprint density at radius 1 is 1.17 bits per heavy atom. The fraction of sp³-hybridized carbons (Fsp3) is 0.409. The molecule has 0 radical (unpaired) electrons. The number of rotatable bonds is 5. The van der Waals surface area contributed by atoms with Gasteiger partial charge in [0.2, 0.25) is 5.91 Å². The highest BCUT2D eigenvalue weighted by molar-refractivity contribution is 9.13. The van der Waals surface area contributed by atoms with Gasteiger partial charge in [-0.05, 0) is 56.8 Å². The number of amides is 2. The lowest BCUT2D eigenvalue weighted by atomic mass is 9.85. The predicted octanol–water partition coefficient (Wildman–Crippen LogP) is 3.60. The van der Waals surface area contributed by atoms with E-state index < -0.39 is 17.7 Å². The number of aliphatic carboxylic acids is 1. The van der Waals surface area contributed by atoms with Gasteiger partial charge in [0.25, 0.3) is 5.91 Å². The zero-order valence-corrected chi connectivity index (χ0v) is 22.0. The Labute approximate surface area is 221 Å². The molecule has 3 N–H and O–H groups in total. The quantitative estimate of drug-likeness (QED) is 0.458. The summed E-state index contributed by atoms with van der Waals surface area (Å²) in [4.78, 5) is 38.2. The number of anilines is 1. The van der Waals surface area contributed by atoms with Crippen LogP contribution >= 0.6 is 31.9 Å². The Morgan fingerprint density at radius 2 is 1.78 bits per heavy atom. The van der Waals surface area contributed by atoms with Crippen LogP contribution in [0.5, 0.6) is 0 Å². The maximum atomic E-state index is 12.7. The summed E-state index contributed by atoms with van der Waals surface area (Å²) < 4.78 is 38.3. The molecule has 0 unspecified atom stereocenters. The molecule has 2 amide bonds. The van der Waals surface area contributed by atoms with E-state index >= 15 is 0 Å². The molecule has 2 aromatic rings. The van der Waals surface area contributed by atoms with Crippen molar-refractivity contribution in [3.8, 4) is 0 Å². The van der Waals surface area contributed by atoms with Gasteiger partial charge in [-0.25, -0.2) is 4.79 Å². The monoisotopic (exact) mass is 638 g/mol. The Balaban J connectivity index is 0.000000454. The van der Waals surface area contributed by atoms with Gasteiger partial charge in [-0.15, -0.1) is 0 Å². The fourth-order valence-corrected chi connectivity index (χ4v) is 4.63. The number of likely N-dealkylation sites (tertiary alicyclic amines) is 1. The minimum absolute atomic E-state index is 0.114. The summed E-state index contributed by atoms with van der Waals surface area (Å²) in [5.74, 6) is -2.62. The van der Waals surface area contributed by atoms with Crippen molar-refractivity contribution in [2.75, 3.05) is 37.7 Å². The first-order chi connectivity index (χ1) is 16.9. The van der Waals surface area contributed by atoms with Crippen LogP contribution in [0.4, 0.5) is 18.9 Å². The maximum Gasteiger partial charge on any atom is 0.490 e. The first-order valence-electron chi connectivity index (χ1n) is 10.8. The van der Waals surface area contributed by atoms with Crippen LogP contribution in [0.1, 0.15) is 23.4 Å². The second-order valence-electron chi connectivity index (χ2n) is 8.09. The third kappa shape index (κ3) is 6.59. The number of furan rings is 1. The summed E-state index contributed by atoms with van der Waals surface area (Å²) in [5, 5.41) is 13.0. The van der Waals surface area contributed by atoms with E-state index in [-0.39, 0.29) is 17.6 Å². The molecule has 2 fully saturated rings. The number of piperidine rings is 1. The zero-order chi connectivity index (χ0) is 26.5. The van der Waals surface area contributed by atoms with Gasteiger partial charge in [-0.1, -0.05) is 18.2 Å². The minimum atomic E-state index is -5.08.